The number of nitriles is 1. The van der Waals surface area contributed by atoms with Crippen LogP contribution in [0.4, 0.5) is 11.8 Å². The van der Waals surface area contributed by atoms with E-state index in [1.54, 1.807) is 31.6 Å². The standard InChI is InChI=1S/C16H18N6O/c1-23-15-4-6-18-16(21-15)22-7-5-13(11-22)10-20-14-3-2-12(8-17)9-19-14/h2-4,6,9,13H,5,7,10-11H2,1H3,(H,19,20)/t13-/m1/s1. The normalized spacial score (nSPS) is 16.9. The third-order valence-electron chi connectivity index (χ3n) is 3.86. The highest BCUT2D eigenvalue weighted by molar-refractivity contribution is 5.39. The molecule has 7 heteroatoms. The number of aromatic nitrogens is 3. The Morgan fingerprint density at radius 2 is 2.30 bits per heavy atom. The Labute approximate surface area is 135 Å². The van der Waals surface area contributed by atoms with Crippen molar-refractivity contribution in [3.63, 3.8) is 0 Å². The molecular weight excluding hydrogens is 292 g/mol. The van der Waals surface area contributed by atoms with Gasteiger partial charge in [0.15, 0.2) is 0 Å². The Kier molecular flexibility index (Phi) is 4.52. The molecule has 118 valence electrons. The molecule has 0 bridgehead atoms. The van der Waals surface area contributed by atoms with Gasteiger partial charge in [-0.2, -0.15) is 10.2 Å². The summed E-state index contributed by atoms with van der Waals surface area (Å²) in [6.07, 6.45) is 4.37. The van der Waals surface area contributed by atoms with Crippen molar-refractivity contribution in [3.05, 3.63) is 36.2 Å². The van der Waals surface area contributed by atoms with Crippen LogP contribution in [-0.2, 0) is 0 Å². The lowest BCUT2D eigenvalue weighted by Crippen LogP contribution is -2.24. The highest BCUT2D eigenvalue weighted by atomic mass is 16.5. The van der Waals surface area contributed by atoms with Crippen LogP contribution in [0, 0.1) is 17.2 Å². The molecule has 0 amide bonds. The second-order valence-corrected chi connectivity index (χ2v) is 5.42. The van der Waals surface area contributed by atoms with Crippen molar-refractivity contribution >= 4 is 11.8 Å². The molecule has 0 aromatic carbocycles. The number of rotatable bonds is 5. The summed E-state index contributed by atoms with van der Waals surface area (Å²) in [5.74, 6) is 2.59. The van der Waals surface area contributed by atoms with Gasteiger partial charge in [0.05, 0.1) is 12.7 Å². The van der Waals surface area contributed by atoms with E-state index in [9.17, 15) is 0 Å². The molecule has 2 aromatic heterocycles. The van der Waals surface area contributed by atoms with Crippen LogP contribution in [0.2, 0.25) is 0 Å². The molecule has 1 aliphatic heterocycles. The molecule has 0 radical (unpaired) electrons. The van der Waals surface area contributed by atoms with Crippen molar-refractivity contribution in [2.24, 2.45) is 5.92 Å². The fraction of sp³-hybridized carbons (Fsp3) is 0.375. The number of methoxy groups -OCH3 is 1. The minimum Gasteiger partial charge on any atom is -0.481 e. The van der Waals surface area contributed by atoms with Crippen LogP contribution >= 0.6 is 0 Å². The first-order chi connectivity index (χ1) is 11.3. The first-order valence-electron chi connectivity index (χ1n) is 7.50. The van der Waals surface area contributed by atoms with E-state index >= 15 is 0 Å². The number of hydrogen-bond donors (Lipinski definition) is 1. The van der Waals surface area contributed by atoms with Gasteiger partial charge < -0.3 is 15.0 Å². The lowest BCUT2D eigenvalue weighted by atomic mass is 10.1. The van der Waals surface area contributed by atoms with Crippen molar-refractivity contribution in [2.75, 3.05) is 37.0 Å². The summed E-state index contributed by atoms with van der Waals surface area (Å²) < 4.78 is 5.14. The summed E-state index contributed by atoms with van der Waals surface area (Å²) in [7, 11) is 1.60. The number of anilines is 2. The minimum atomic E-state index is 0.502. The van der Waals surface area contributed by atoms with Gasteiger partial charge >= 0.3 is 0 Å². The number of hydrogen-bond acceptors (Lipinski definition) is 7. The maximum Gasteiger partial charge on any atom is 0.228 e. The second-order valence-electron chi connectivity index (χ2n) is 5.42. The molecule has 0 spiro atoms. The van der Waals surface area contributed by atoms with E-state index < -0.39 is 0 Å². The maximum atomic E-state index is 8.77. The molecule has 0 unspecified atom stereocenters. The van der Waals surface area contributed by atoms with E-state index in [0.29, 0.717) is 23.3 Å². The van der Waals surface area contributed by atoms with Crippen LogP contribution in [0.15, 0.2) is 30.6 Å². The predicted molar refractivity (Wildman–Crippen MR) is 86.3 cm³/mol. The lowest BCUT2D eigenvalue weighted by Gasteiger charge is -2.17. The van der Waals surface area contributed by atoms with E-state index in [-0.39, 0.29) is 0 Å². The molecule has 2 aromatic rings. The van der Waals surface area contributed by atoms with E-state index in [2.05, 4.69) is 31.2 Å². The smallest absolute Gasteiger partial charge is 0.228 e. The van der Waals surface area contributed by atoms with Gasteiger partial charge in [-0.05, 0) is 24.5 Å². The zero-order valence-corrected chi connectivity index (χ0v) is 12.9. The fourth-order valence-electron chi connectivity index (χ4n) is 2.59. The number of nitrogens with one attached hydrogen (secondary N) is 1. The summed E-state index contributed by atoms with van der Waals surface area (Å²) in [6, 6.07) is 7.40. The van der Waals surface area contributed by atoms with Gasteiger partial charge in [0.25, 0.3) is 0 Å². The first-order valence-corrected chi connectivity index (χ1v) is 7.50. The molecule has 1 aliphatic rings. The van der Waals surface area contributed by atoms with Crippen LogP contribution in [0.3, 0.4) is 0 Å². The number of pyridine rings is 1. The zero-order valence-electron chi connectivity index (χ0n) is 12.9. The number of ether oxygens (including phenoxy) is 1. The van der Waals surface area contributed by atoms with E-state index in [1.807, 2.05) is 6.07 Å². The zero-order chi connectivity index (χ0) is 16.1. The average Bonchev–Trinajstić information content (AvgIpc) is 3.09. The Balaban J connectivity index is 1.54. The Bertz CT molecular complexity index is 696. The van der Waals surface area contributed by atoms with Crippen molar-refractivity contribution in [1.82, 2.24) is 15.0 Å². The van der Waals surface area contributed by atoms with Crippen molar-refractivity contribution < 1.29 is 4.74 Å². The minimum absolute atomic E-state index is 0.502. The molecule has 1 N–H and O–H groups in total. The molecule has 23 heavy (non-hydrogen) atoms. The Morgan fingerprint density at radius 1 is 1.39 bits per heavy atom. The van der Waals surface area contributed by atoms with Crippen molar-refractivity contribution in [3.8, 4) is 11.9 Å². The van der Waals surface area contributed by atoms with Gasteiger partial charge in [-0.1, -0.05) is 0 Å². The van der Waals surface area contributed by atoms with E-state index in [1.165, 1.54) is 0 Å². The van der Waals surface area contributed by atoms with Gasteiger partial charge in [-0.15, -0.1) is 0 Å². The maximum absolute atomic E-state index is 8.77. The van der Waals surface area contributed by atoms with Gasteiger partial charge in [0, 0.05) is 38.1 Å². The summed E-state index contributed by atoms with van der Waals surface area (Å²) in [6.45, 7) is 2.66. The van der Waals surface area contributed by atoms with Gasteiger partial charge in [-0.25, -0.2) is 9.97 Å². The highest BCUT2D eigenvalue weighted by Gasteiger charge is 2.24. The highest BCUT2D eigenvalue weighted by Crippen LogP contribution is 2.22. The SMILES string of the molecule is COc1ccnc(N2CC[C@H](CNc3ccc(C#N)cn3)C2)n1. The van der Waals surface area contributed by atoms with Crippen LogP contribution in [0.5, 0.6) is 5.88 Å². The quantitative estimate of drug-likeness (QED) is 0.899. The Morgan fingerprint density at radius 3 is 3.04 bits per heavy atom. The molecule has 7 nitrogen and oxygen atoms in total. The second kappa shape index (κ2) is 6.92. The fourth-order valence-corrected chi connectivity index (χ4v) is 2.59. The average molecular weight is 310 g/mol. The topological polar surface area (TPSA) is 87.0 Å². The lowest BCUT2D eigenvalue weighted by molar-refractivity contribution is 0.397. The molecule has 1 saturated heterocycles. The van der Waals surface area contributed by atoms with Gasteiger partial charge in [-0.3, -0.25) is 0 Å². The van der Waals surface area contributed by atoms with Gasteiger partial charge in [0.1, 0.15) is 11.9 Å². The summed E-state index contributed by atoms with van der Waals surface area (Å²) >= 11 is 0. The molecular formula is C16H18N6O. The van der Waals surface area contributed by atoms with Crippen LogP contribution < -0.4 is 15.0 Å². The van der Waals surface area contributed by atoms with Crippen LogP contribution in [0.25, 0.3) is 0 Å². The van der Waals surface area contributed by atoms with Crippen molar-refractivity contribution in [2.45, 2.75) is 6.42 Å². The molecule has 0 aliphatic carbocycles. The van der Waals surface area contributed by atoms with E-state index in [0.717, 1.165) is 31.9 Å². The summed E-state index contributed by atoms with van der Waals surface area (Å²) in [5, 5.41) is 12.1. The monoisotopic (exact) mass is 310 g/mol. The van der Waals surface area contributed by atoms with Crippen LogP contribution in [0.1, 0.15) is 12.0 Å². The van der Waals surface area contributed by atoms with E-state index in [4.69, 9.17) is 10.00 Å². The van der Waals surface area contributed by atoms with Crippen molar-refractivity contribution in [1.29, 1.82) is 5.26 Å². The Hall–Kier alpha value is -2.88. The largest absolute Gasteiger partial charge is 0.481 e. The number of nitrogens with zero attached hydrogens (tertiary/aromatic N) is 5. The third kappa shape index (κ3) is 3.66. The molecule has 1 atom stereocenters. The third-order valence-corrected chi connectivity index (χ3v) is 3.86. The summed E-state index contributed by atoms with van der Waals surface area (Å²) in [5.41, 5.74) is 0.567. The first kappa shape index (κ1) is 15.0. The predicted octanol–water partition coefficient (Wildman–Crippen LogP) is 1.69. The molecule has 0 saturated carbocycles. The molecule has 3 heterocycles. The summed E-state index contributed by atoms with van der Waals surface area (Å²) in [4.78, 5) is 15.1. The van der Waals surface area contributed by atoms with Crippen LogP contribution in [-0.4, -0.2) is 41.7 Å². The molecule has 1 fully saturated rings. The van der Waals surface area contributed by atoms with Gasteiger partial charge in [0.2, 0.25) is 11.8 Å². The molecule has 3 rings (SSSR count).